The van der Waals surface area contributed by atoms with E-state index in [-0.39, 0.29) is 5.82 Å². The van der Waals surface area contributed by atoms with E-state index in [1.807, 2.05) is 6.92 Å². The van der Waals surface area contributed by atoms with Gasteiger partial charge in [-0.1, -0.05) is 0 Å². The van der Waals surface area contributed by atoms with Crippen molar-refractivity contribution >= 4 is 10.9 Å². The van der Waals surface area contributed by atoms with Crippen molar-refractivity contribution in [3.63, 3.8) is 0 Å². The zero-order chi connectivity index (χ0) is 11.7. The second-order valence-corrected chi connectivity index (χ2v) is 3.93. The van der Waals surface area contributed by atoms with Gasteiger partial charge < -0.3 is 15.4 Å². The first kappa shape index (κ1) is 11.1. The molecule has 0 bridgehead atoms. The molecule has 0 saturated carbocycles. The van der Waals surface area contributed by atoms with E-state index in [1.165, 1.54) is 12.1 Å². The monoisotopic (exact) mass is 222 g/mol. The van der Waals surface area contributed by atoms with Gasteiger partial charge in [-0.15, -0.1) is 0 Å². The van der Waals surface area contributed by atoms with Gasteiger partial charge in [0, 0.05) is 28.7 Å². The minimum Gasteiger partial charge on any atom is -0.387 e. The summed E-state index contributed by atoms with van der Waals surface area (Å²) < 4.78 is 13.2. The van der Waals surface area contributed by atoms with E-state index in [4.69, 9.17) is 0 Å². The second kappa shape index (κ2) is 4.23. The molecule has 0 amide bonds. The number of fused-ring (bicyclic) bond motifs is 1. The van der Waals surface area contributed by atoms with Crippen LogP contribution in [0.2, 0.25) is 0 Å². The predicted molar refractivity (Wildman–Crippen MR) is 61.9 cm³/mol. The number of H-pyrrole nitrogens is 1. The summed E-state index contributed by atoms with van der Waals surface area (Å²) in [6.07, 6.45) is -0.624. The summed E-state index contributed by atoms with van der Waals surface area (Å²) in [7, 11) is 1.77. The zero-order valence-corrected chi connectivity index (χ0v) is 9.34. The molecule has 1 heterocycles. The molecule has 3 nitrogen and oxygen atoms in total. The molecular weight excluding hydrogens is 207 g/mol. The van der Waals surface area contributed by atoms with Crippen LogP contribution in [-0.2, 0) is 0 Å². The molecule has 0 fully saturated rings. The summed E-state index contributed by atoms with van der Waals surface area (Å²) >= 11 is 0. The van der Waals surface area contributed by atoms with Crippen LogP contribution in [0.15, 0.2) is 18.2 Å². The van der Waals surface area contributed by atoms with Gasteiger partial charge in [0.25, 0.3) is 0 Å². The van der Waals surface area contributed by atoms with Gasteiger partial charge in [0.05, 0.1) is 6.10 Å². The molecule has 86 valence electrons. The van der Waals surface area contributed by atoms with Crippen LogP contribution in [0.4, 0.5) is 4.39 Å². The topological polar surface area (TPSA) is 48.0 Å². The predicted octanol–water partition coefficient (Wildman–Crippen LogP) is 1.87. The third kappa shape index (κ3) is 1.81. The maximum Gasteiger partial charge on any atom is 0.123 e. The van der Waals surface area contributed by atoms with Gasteiger partial charge in [0.1, 0.15) is 5.82 Å². The molecule has 16 heavy (non-hydrogen) atoms. The lowest BCUT2D eigenvalue weighted by atomic mass is 10.1. The minimum atomic E-state index is -0.624. The highest BCUT2D eigenvalue weighted by Gasteiger charge is 2.16. The number of likely N-dealkylation sites (N-methyl/N-ethyl adjacent to an activating group) is 1. The number of rotatable bonds is 3. The fourth-order valence-electron chi connectivity index (χ4n) is 2.04. The molecule has 1 atom stereocenters. The Morgan fingerprint density at radius 2 is 2.25 bits per heavy atom. The van der Waals surface area contributed by atoms with Gasteiger partial charge in [-0.3, -0.25) is 0 Å². The maximum absolute atomic E-state index is 13.2. The van der Waals surface area contributed by atoms with Gasteiger partial charge in [-0.25, -0.2) is 4.39 Å². The molecular formula is C12H15FN2O. The van der Waals surface area contributed by atoms with Crippen molar-refractivity contribution in [3.8, 4) is 0 Å². The van der Waals surface area contributed by atoms with Crippen LogP contribution in [0.25, 0.3) is 10.9 Å². The maximum atomic E-state index is 13.2. The molecule has 1 unspecified atom stereocenters. The smallest absolute Gasteiger partial charge is 0.123 e. The summed E-state index contributed by atoms with van der Waals surface area (Å²) in [5, 5.41) is 13.6. The third-order valence-electron chi connectivity index (χ3n) is 2.73. The molecule has 1 aromatic heterocycles. The highest BCUT2D eigenvalue weighted by atomic mass is 19.1. The molecule has 1 aromatic carbocycles. The number of aromatic nitrogens is 1. The lowest BCUT2D eigenvalue weighted by Gasteiger charge is -2.10. The van der Waals surface area contributed by atoms with Crippen LogP contribution in [-0.4, -0.2) is 23.7 Å². The fourth-order valence-corrected chi connectivity index (χ4v) is 2.04. The zero-order valence-electron chi connectivity index (χ0n) is 9.34. The van der Waals surface area contributed by atoms with Crippen molar-refractivity contribution in [2.24, 2.45) is 0 Å². The summed E-state index contributed by atoms with van der Waals surface area (Å²) in [6.45, 7) is 2.33. The van der Waals surface area contributed by atoms with E-state index in [1.54, 1.807) is 13.1 Å². The van der Waals surface area contributed by atoms with Crippen molar-refractivity contribution in [1.82, 2.24) is 10.3 Å². The Bertz CT molecular complexity index is 507. The van der Waals surface area contributed by atoms with E-state index in [0.717, 1.165) is 22.2 Å². The van der Waals surface area contributed by atoms with Crippen molar-refractivity contribution in [1.29, 1.82) is 0 Å². The van der Waals surface area contributed by atoms with Crippen LogP contribution in [0.1, 0.15) is 17.4 Å². The van der Waals surface area contributed by atoms with Crippen LogP contribution >= 0.6 is 0 Å². The standard InChI is InChI=1S/C12H15FN2O/c1-7-12(11(16)6-14-2)9-5-8(13)3-4-10(9)15-7/h3-5,11,14-16H,6H2,1-2H3. The number of benzene rings is 1. The number of hydrogen-bond donors (Lipinski definition) is 3. The van der Waals surface area contributed by atoms with Crippen molar-refractivity contribution in [2.75, 3.05) is 13.6 Å². The molecule has 4 heteroatoms. The molecule has 0 aliphatic rings. The number of aryl methyl sites for hydroxylation is 1. The van der Waals surface area contributed by atoms with Gasteiger partial charge in [0.2, 0.25) is 0 Å². The first-order valence-electron chi connectivity index (χ1n) is 5.24. The van der Waals surface area contributed by atoms with E-state index in [0.29, 0.717) is 6.54 Å². The van der Waals surface area contributed by atoms with Gasteiger partial charge in [0.15, 0.2) is 0 Å². The molecule has 2 aromatic rings. The molecule has 3 N–H and O–H groups in total. The van der Waals surface area contributed by atoms with E-state index >= 15 is 0 Å². The van der Waals surface area contributed by atoms with Crippen molar-refractivity contribution in [2.45, 2.75) is 13.0 Å². The van der Waals surface area contributed by atoms with E-state index < -0.39 is 6.10 Å². The average molecular weight is 222 g/mol. The lowest BCUT2D eigenvalue weighted by Crippen LogP contribution is -2.17. The molecule has 2 rings (SSSR count). The lowest BCUT2D eigenvalue weighted by molar-refractivity contribution is 0.178. The van der Waals surface area contributed by atoms with Gasteiger partial charge in [-0.05, 0) is 32.2 Å². The van der Waals surface area contributed by atoms with E-state index in [2.05, 4.69) is 10.3 Å². The Hall–Kier alpha value is -1.39. The largest absolute Gasteiger partial charge is 0.387 e. The number of aliphatic hydroxyl groups excluding tert-OH is 1. The molecule has 0 aliphatic carbocycles. The number of halogens is 1. The SMILES string of the molecule is CNCC(O)c1c(C)[nH]c2ccc(F)cc12. The summed E-state index contributed by atoms with van der Waals surface area (Å²) in [4.78, 5) is 3.14. The Kier molecular flexibility index (Phi) is 2.94. The second-order valence-electron chi connectivity index (χ2n) is 3.93. The minimum absolute atomic E-state index is 0.288. The highest BCUT2D eigenvalue weighted by Crippen LogP contribution is 2.28. The number of hydrogen-bond acceptors (Lipinski definition) is 2. The summed E-state index contributed by atoms with van der Waals surface area (Å²) in [5.74, 6) is -0.288. The molecule has 0 saturated heterocycles. The Labute approximate surface area is 93.3 Å². The quantitative estimate of drug-likeness (QED) is 0.742. The van der Waals surface area contributed by atoms with E-state index in [9.17, 15) is 9.50 Å². The van der Waals surface area contributed by atoms with Crippen molar-refractivity contribution in [3.05, 3.63) is 35.3 Å². The summed E-state index contributed by atoms with van der Waals surface area (Å²) in [5.41, 5.74) is 2.50. The normalized spacial score (nSPS) is 13.2. The summed E-state index contributed by atoms with van der Waals surface area (Å²) in [6, 6.07) is 4.55. The Morgan fingerprint density at radius 3 is 2.94 bits per heavy atom. The average Bonchev–Trinajstić information content (AvgIpc) is 2.53. The molecule has 0 radical (unpaired) electrons. The number of aliphatic hydroxyl groups is 1. The number of nitrogens with one attached hydrogen (secondary N) is 2. The van der Waals surface area contributed by atoms with Crippen LogP contribution in [0, 0.1) is 12.7 Å². The molecule has 0 aliphatic heterocycles. The molecule has 0 spiro atoms. The van der Waals surface area contributed by atoms with Crippen molar-refractivity contribution < 1.29 is 9.50 Å². The number of aromatic amines is 1. The Morgan fingerprint density at radius 1 is 1.50 bits per heavy atom. The first-order valence-corrected chi connectivity index (χ1v) is 5.24. The fraction of sp³-hybridized carbons (Fsp3) is 0.333. The van der Waals surface area contributed by atoms with Crippen LogP contribution in [0.3, 0.4) is 0 Å². The third-order valence-corrected chi connectivity index (χ3v) is 2.73. The van der Waals surface area contributed by atoms with Gasteiger partial charge in [-0.2, -0.15) is 0 Å². The van der Waals surface area contributed by atoms with Gasteiger partial charge >= 0.3 is 0 Å². The Balaban J connectivity index is 2.58. The highest BCUT2D eigenvalue weighted by molar-refractivity contribution is 5.85. The van der Waals surface area contributed by atoms with Crippen LogP contribution in [0.5, 0.6) is 0 Å². The first-order chi connectivity index (χ1) is 7.63. The van der Waals surface area contributed by atoms with Crippen LogP contribution < -0.4 is 5.32 Å².